The van der Waals surface area contributed by atoms with Gasteiger partial charge < -0.3 is 0 Å². The SMILES string of the molecule is C=Cc1cc2c(cc1/C=C\C)C(=C)CC2=C. The van der Waals surface area contributed by atoms with Crippen LogP contribution in [0.5, 0.6) is 0 Å². The van der Waals surface area contributed by atoms with Crippen LogP contribution in [0.4, 0.5) is 0 Å². The molecule has 0 bridgehead atoms. The Kier molecular flexibility index (Phi) is 2.66. The number of benzene rings is 1. The van der Waals surface area contributed by atoms with Gasteiger partial charge in [-0.05, 0) is 58.9 Å². The summed E-state index contributed by atoms with van der Waals surface area (Å²) in [4.78, 5) is 0. The van der Waals surface area contributed by atoms with Crippen molar-refractivity contribution < 1.29 is 0 Å². The predicted molar refractivity (Wildman–Crippen MR) is 73.9 cm³/mol. The van der Waals surface area contributed by atoms with Crippen LogP contribution in [0.1, 0.15) is 35.6 Å². The van der Waals surface area contributed by atoms with Crippen LogP contribution in [-0.2, 0) is 0 Å². The molecule has 0 amide bonds. The lowest BCUT2D eigenvalue weighted by Gasteiger charge is -2.07. The van der Waals surface area contributed by atoms with Crippen LogP contribution in [-0.4, -0.2) is 0 Å². The zero-order valence-electron chi connectivity index (χ0n) is 9.72. The minimum absolute atomic E-state index is 0.894. The molecule has 0 aromatic heterocycles. The molecular weight excluding hydrogens is 192 g/mol. The summed E-state index contributed by atoms with van der Waals surface area (Å²) >= 11 is 0. The van der Waals surface area contributed by atoms with Crippen LogP contribution in [0.15, 0.2) is 37.9 Å². The van der Waals surface area contributed by atoms with Gasteiger partial charge in [-0.1, -0.05) is 38.0 Å². The van der Waals surface area contributed by atoms with Crippen molar-refractivity contribution in [2.24, 2.45) is 0 Å². The minimum atomic E-state index is 0.894. The lowest BCUT2D eigenvalue weighted by Crippen LogP contribution is -1.87. The number of allylic oxidation sites excluding steroid dienone is 3. The van der Waals surface area contributed by atoms with Crippen LogP contribution in [0, 0.1) is 0 Å². The van der Waals surface area contributed by atoms with Gasteiger partial charge in [0.1, 0.15) is 0 Å². The molecule has 0 unspecified atom stereocenters. The Labute approximate surface area is 97.3 Å². The summed E-state index contributed by atoms with van der Waals surface area (Å²) in [5.41, 5.74) is 7.16. The second-order valence-electron chi connectivity index (χ2n) is 4.11. The maximum absolute atomic E-state index is 4.09. The predicted octanol–water partition coefficient (Wildman–Crippen LogP) is 4.79. The molecule has 0 radical (unpaired) electrons. The molecule has 16 heavy (non-hydrogen) atoms. The zero-order chi connectivity index (χ0) is 11.7. The number of hydrogen-bond acceptors (Lipinski definition) is 0. The monoisotopic (exact) mass is 208 g/mol. The lowest BCUT2D eigenvalue weighted by atomic mass is 9.98. The first-order valence-electron chi connectivity index (χ1n) is 5.47. The molecule has 0 heterocycles. The third-order valence-corrected chi connectivity index (χ3v) is 2.98. The van der Waals surface area contributed by atoms with Gasteiger partial charge in [-0.15, -0.1) is 0 Å². The lowest BCUT2D eigenvalue weighted by molar-refractivity contribution is 1.54. The topological polar surface area (TPSA) is 0 Å². The van der Waals surface area contributed by atoms with E-state index in [9.17, 15) is 0 Å². The van der Waals surface area contributed by atoms with Crippen LogP contribution in [0.2, 0.25) is 0 Å². The Morgan fingerprint density at radius 2 is 1.62 bits per heavy atom. The van der Waals surface area contributed by atoms with E-state index < -0.39 is 0 Å². The molecule has 0 aliphatic heterocycles. The maximum Gasteiger partial charge on any atom is -0.00252 e. The third-order valence-electron chi connectivity index (χ3n) is 2.98. The highest BCUT2D eigenvalue weighted by Crippen LogP contribution is 2.40. The normalized spacial score (nSPS) is 14.6. The van der Waals surface area contributed by atoms with Crippen molar-refractivity contribution in [3.8, 4) is 0 Å². The number of hydrogen-bond donors (Lipinski definition) is 0. The number of rotatable bonds is 2. The van der Waals surface area contributed by atoms with E-state index in [4.69, 9.17) is 0 Å². The van der Waals surface area contributed by atoms with Crippen LogP contribution in [0.25, 0.3) is 23.3 Å². The molecule has 0 heteroatoms. The fraction of sp³-hybridized carbons (Fsp3) is 0.125. The average Bonchev–Trinajstić information content (AvgIpc) is 2.54. The summed E-state index contributed by atoms with van der Waals surface area (Å²) in [5, 5.41) is 0. The fourth-order valence-electron chi connectivity index (χ4n) is 2.17. The summed E-state index contributed by atoms with van der Waals surface area (Å²) in [6.45, 7) is 14.1. The highest BCUT2D eigenvalue weighted by molar-refractivity contribution is 5.92. The average molecular weight is 208 g/mol. The van der Waals surface area contributed by atoms with Gasteiger partial charge in [0.15, 0.2) is 0 Å². The summed E-state index contributed by atoms with van der Waals surface area (Å²) < 4.78 is 0. The van der Waals surface area contributed by atoms with Crippen molar-refractivity contribution >= 4 is 23.3 Å². The van der Waals surface area contributed by atoms with Crippen molar-refractivity contribution in [2.75, 3.05) is 0 Å². The Balaban J connectivity index is 2.68. The van der Waals surface area contributed by atoms with E-state index in [0.29, 0.717) is 0 Å². The number of fused-ring (bicyclic) bond motifs is 1. The molecule has 0 fully saturated rings. The summed E-state index contributed by atoms with van der Waals surface area (Å²) in [7, 11) is 0. The van der Waals surface area contributed by atoms with E-state index in [1.54, 1.807) is 0 Å². The first-order chi connectivity index (χ1) is 7.67. The van der Waals surface area contributed by atoms with E-state index in [1.807, 2.05) is 19.1 Å². The van der Waals surface area contributed by atoms with Crippen molar-refractivity contribution in [2.45, 2.75) is 13.3 Å². The Morgan fingerprint density at radius 3 is 2.12 bits per heavy atom. The molecule has 1 aromatic rings. The zero-order valence-corrected chi connectivity index (χ0v) is 9.72. The second-order valence-corrected chi connectivity index (χ2v) is 4.11. The second kappa shape index (κ2) is 3.97. The highest BCUT2D eigenvalue weighted by atomic mass is 14.2. The quantitative estimate of drug-likeness (QED) is 0.655. The first kappa shape index (κ1) is 10.7. The van der Waals surface area contributed by atoms with E-state index in [1.165, 1.54) is 22.3 Å². The summed E-state index contributed by atoms with van der Waals surface area (Å²) in [5.74, 6) is 0. The van der Waals surface area contributed by atoms with Crippen LogP contribution >= 0.6 is 0 Å². The van der Waals surface area contributed by atoms with Gasteiger partial charge in [-0.3, -0.25) is 0 Å². The molecule has 2 rings (SSSR count). The molecule has 1 aromatic carbocycles. The van der Waals surface area contributed by atoms with Crippen molar-refractivity contribution in [3.63, 3.8) is 0 Å². The molecule has 80 valence electrons. The standard InChI is InChI=1S/C16H16/c1-5-7-14-10-16-12(4)8-11(3)15(16)9-13(14)6-2/h5-7,9-10H,2-4,8H2,1H3/b7-5-. The van der Waals surface area contributed by atoms with E-state index >= 15 is 0 Å². The third kappa shape index (κ3) is 1.57. The molecule has 1 aliphatic carbocycles. The van der Waals surface area contributed by atoms with E-state index in [0.717, 1.165) is 17.6 Å². The molecule has 0 N–H and O–H groups in total. The van der Waals surface area contributed by atoms with Crippen molar-refractivity contribution in [3.05, 3.63) is 60.2 Å². The summed E-state index contributed by atoms with van der Waals surface area (Å²) in [6.07, 6.45) is 6.93. The molecule has 0 spiro atoms. The van der Waals surface area contributed by atoms with Crippen LogP contribution in [0.3, 0.4) is 0 Å². The molecule has 0 nitrogen and oxygen atoms in total. The Morgan fingerprint density at radius 1 is 1.06 bits per heavy atom. The highest BCUT2D eigenvalue weighted by Gasteiger charge is 2.19. The van der Waals surface area contributed by atoms with Gasteiger partial charge in [0, 0.05) is 0 Å². The van der Waals surface area contributed by atoms with Gasteiger partial charge in [-0.2, -0.15) is 0 Å². The van der Waals surface area contributed by atoms with Gasteiger partial charge >= 0.3 is 0 Å². The smallest absolute Gasteiger partial charge is 0.00252 e. The van der Waals surface area contributed by atoms with E-state index in [-0.39, 0.29) is 0 Å². The van der Waals surface area contributed by atoms with Gasteiger partial charge in [0.05, 0.1) is 0 Å². The molecule has 0 saturated carbocycles. The maximum atomic E-state index is 4.09. The van der Waals surface area contributed by atoms with Crippen molar-refractivity contribution in [1.82, 2.24) is 0 Å². The fourth-order valence-corrected chi connectivity index (χ4v) is 2.17. The molecular formula is C16H16. The molecule has 1 aliphatic rings. The van der Waals surface area contributed by atoms with Crippen molar-refractivity contribution in [1.29, 1.82) is 0 Å². The first-order valence-corrected chi connectivity index (χ1v) is 5.47. The molecule has 0 saturated heterocycles. The van der Waals surface area contributed by atoms with Crippen LogP contribution < -0.4 is 0 Å². The summed E-state index contributed by atoms with van der Waals surface area (Å²) in [6, 6.07) is 4.35. The van der Waals surface area contributed by atoms with Gasteiger partial charge in [0.2, 0.25) is 0 Å². The largest absolute Gasteiger partial charge is 0.0984 e. The van der Waals surface area contributed by atoms with E-state index in [2.05, 4.69) is 37.9 Å². The molecule has 0 atom stereocenters. The van der Waals surface area contributed by atoms with Gasteiger partial charge in [0.25, 0.3) is 0 Å². The minimum Gasteiger partial charge on any atom is -0.0984 e. The Hall–Kier alpha value is -1.82. The van der Waals surface area contributed by atoms with Gasteiger partial charge in [-0.25, -0.2) is 0 Å². The Bertz CT molecular complexity index is 513.